The summed E-state index contributed by atoms with van der Waals surface area (Å²) < 4.78 is 10.7. The summed E-state index contributed by atoms with van der Waals surface area (Å²) in [5.41, 5.74) is 1.11. The molecule has 2 fully saturated rings. The zero-order valence-electron chi connectivity index (χ0n) is 13.3. The fraction of sp³-hybridized carbons (Fsp3) is 0.588. The number of carbonyl (C=O) groups is 1. The molecule has 6 nitrogen and oxygen atoms in total. The molecule has 3 unspecified atom stereocenters. The van der Waals surface area contributed by atoms with Crippen molar-refractivity contribution in [3.63, 3.8) is 0 Å². The van der Waals surface area contributed by atoms with Crippen molar-refractivity contribution in [2.24, 2.45) is 5.92 Å². The molecule has 1 amide bonds. The number of nitrogens with one attached hydrogen (secondary N) is 2. The summed E-state index contributed by atoms with van der Waals surface area (Å²) in [4.78, 5) is 11.6. The Morgan fingerprint density at radius 3 is 2.74 bits per heavy atom. The van der Waals surface area contributed by atoms with Gasteiger partial charge in [0.25, 0.3) is 0 Å². The number of rotatable bonds is 7. The molecule has 6 heteroatoms. The van der Waals surface area contributed by atoms with Gasteiger partial charge in [-0.05, 0) is 30.5 Å². The van der Waals surface area contributed by atoms with Crippen molar-refractivity contribution in [2.45, 2.75) is 37.6 Å². The van der Waals surface area contributed by atoms with Crippen LogP contribution < -0.4 is 15.4 Å². The normalized spacial score (nSPS) is 27.0. The van der Waals surface area contributed by atoms with E-state index in [4.69, 9.17) is 9.47 Å². The maximum Gasteiger partial charge on any atom is 0.223 e. The Labute approximate surface area is 136 Å². The van der Waals surface area contributed by atoms with Crippen LogP contribution in [0.4, 0.5) is 0 Å². The first kappa shape index (κ1) is 16.2. The van der Waals surface area contributed by atoms with Crippen LogP contribution in [0.2, 0.25) is 0 Å². The van der Waals surface area contributed by atoms with Gasteiger partial charge >= 0.3 is 0 Å². The largest absolute Gasteiger partial charge is 0.497 e. The van der Waals surface area contributed by atoms with E-state index in [1.165, 1.54) is 0 Å². The van der Waals surface area contributed by atoms with Crippen LogP contribution in [0, 0.1) is 5.92 Å². The van der Waals surface area contributed by atoms with Crippen LogP contribution >= 0.6 is 0 Å². The molecule has 0 spiro atoms. The molecule has 1 saturated carbocycles. The molecule has 2 aliphatic rings. The summed E-state index contributed by atoms with van der Waals surface area (Å²) in [5, 5.41) is 16.5. The van der Waals surface area contributed by atoms with Crippen LogP contribution in [0.3, 0.4) is 0 Å². The van der Waals surface area contributed by atoms with Crippen molar-refractivity contribution in [3.8, 4) is 5.75 Å². The topological polar surface area (TPSA) is 79.8 Å². The first-order valence-corrected chi connectivity index (χ1v) is 8.11. The zero-order valence-corrected chi connectivity index (χ0v) is 13.3. The number of amides is 1. The second kappa shape index (κ2) is 7.29. The molecule has 1 saturated heterocycles. The van der Waals surface area contributed by atoms with Gasteiger partial charge in [0.05, 0.1) is 25.9 Å². The Kier molecular flexibility index (Phi) is 5.15. The summed E-state index contributed by atoms with van der Waals surface area (Å²) in [6, 6.07) is 7.67. The number of aliphatic hydroxyl groups is 1. The van der Waals surface area contributed by atoms with E-state index in [0.717, 1.165) is 24.2 Å². The highest BCUT2D eigenvalue weighted by Crippen LogP contribution is 2.28. The third kappa shape index (κ3) is 4.22. The maximum absolute atomic E-state index is 11.6. The van der Waals surface area contributed by atoms with E-state index in [0.29, 0.717) is 19.7 Å². The van der Waals surface area contributed by atoms with Crippen molar-refractivity contribution < 1.29 is 19.4 Å². The molecular formula is C17H24N2O4. The minimum absolute atomic E-state index is 0.0791. The Morgan fingerprint density at radius 2 is 2.09 bits per heavy atom. The van der Waals surface area contributed by atoms with Crippen molar-refractivity contribution >= 4 is 5.91 Å². The van der Waals surface area contributed by atoms with Crippen LogP contribution in [-0.4, -0.2) is 49.5 Å². The lowest BCUT2D eigenvalue weighted by Crippen LogP contribution is -2.44. The summed E-state index contributed by atoms with van der Waals surface area (Å²) in [5.74, 6) is 1.08. The lowest BCUT2D eigenvalue weighted by Gasteiger charge is -2.19. The second-order valence-electron chi connectivity index (χ2n) is 6.22. The fourth-order valence-corrected chi connectivity index (χ4v) is 2.73. The maximum atomic E-state index is 11.6. The molecule has 1 aliphatic heterocycles. The first-order valence-electron chi connectivity index (χ1n) is 8.11. The Bertz CT molecular complexity index is 530. The highest BCUT2D eigenvalue weighted by molar-refractivity contribution is 5.80. The summed E-state index contributed by atoms with van der Waals surface area (Å²) >= 11 is 0. The molecule has 1 aliphatic carbocycles. The Hall–Kier alpha value is -1.63. The van der Waals surface area contributed by atoms with E-state index >= 15 is 0 Å². The molecule has 126 valence electrons. The smallest absolute Gasteiger partial charge is 0.223 e. The number of hydrogen-bond acceptors (Lipinski definition) is 5. The number of carbonyl (C=O) groups excluding carboxylic acids is 1. The predicted molar refractivity (Wildman–Crippen MR) is 85.1 cm³/mol. The lowest BCUT2D eigenvalue weighted by molar-refractivity contribution is -0.123. The minimum atomic E-state index is -0.618. The number of ether oxygens (including phenoxy) is 2. The van der Waals surface area contributed by atoms with E-state index in [2.05, 4.69) is 10.6 Å². The lowest BCUT2D eigenvalue weighted by atomic mass is 10.1. The Balaban J connectivity index is 1.42. The van der Waals surface area contributed by atoms with Crippen molar-refractivity contribution in [3.05, 3.63) is 29.8 Å². The van der Waals surface area contributed by atoms with Gasteiger partial charge in [-0.1, -0.05) is 12.1 Å². The van der Waals surface area contributed by atoms with Gasteiger partial charge in [-0.15, -0.1) is 0 Å². The average molecular weight is 320 g/mol. The predicted octanol–water partition coefficient (Wildman–Crippen LogP) is 0.439. The van der Waals surface area contributed by atoms with E-state index in [9.17, 15) is 9.90 Å². The molecule has 0 aromatic heterocycles. The van der Waals surface area contributed by atoms with Gasteiger partial charge in [-0.2, -0.15) is 0 Å². The standard InChI is InChI=1S/C17H24N2O4/c1-22-13-6-2-11(3-7-13)8-18-14-10-23-15(16(14)20)9-19-17(21)12-4-5-12/h2-3,6-7,12,14-16,18,20H,4-5,8-10H2,1H3,(H,19,21). The van der Waals surface area contributed by atoms with Crippen molar-refractivity contribution in [1.29, 1.82) is 0 Å². The van der Waals surface area contributed by atoms with Gasteiger partial charge in [0.2, 0.25) is 5.91 Å². The second-order valence-corrected chi connectivity index (χ2v) is 6.22. The van der Waals surface area contributed by atoms with E-state index in [1.807, 2.05) is 24.3 Å². The van der Waals surface area contributed by atoms with Gasteiger partial charge in [0.1, 0.15) is 11.9 Å². The highest BCUT2D eigenvalue weighted by atomic mass is 16.5. The van der Waals surface area contributed by atoms with Crippen LogP contribution in [0.5, 0.6) is 5.75 Å². The zero-order chi connectivity index (χ0) is 16.2. The number of hydrogen-bond donors (Lipinski definition) is 3. The first-order chi connectivity index (χ1) is 11.2. The van der Waals surface area contributed by atoms with Crippen LogP contribution in [0.25, 0.3) is 0 Å². The van der Waals surface area contributed by atoms with Crippen LogP contribution in [0.15, 0.2) is 24.3 Å². The third-order valence-corrected chi connectivity index (χ3v) is 4.44. The number of methoxy groups -OCH3 is 1. The van der Waals surface area contributed by atoms with E-state index in [1.54, 1.807) is 7.11 Å². The molecule has 3 atom stereocenters. The average Bonchev–Trinajstić information content (AvgIpc) is 3.37. The molecular weight excluding hydrogens is 296 g/mol. The Morgan fingerprint density at radius 1 is 1.35 bits per heavy atom. The van der Waals surface area contributed by atoms with E-state index < -0.39 is 6.10 Å². The molecule has 1 aromatic rings. The van der Waals surface area contributed by atoms with E-state index in [-0.39, 0.29) is 24.0 Å². The number of aliphatic hydroxyl groups excluding tert-OH is 1. The molecule has 0 radical (unpaired) electrons. The summed E-state index contributed by atoms with van der Waals surface area (Å²) in [6.07, 6.45) is 0.997. The van der Waals surface area contributed by atoms with Crippen molar-refractivity contribution in [2.75, 3.05) is 20.3 Å². The van der Waals surface area contributed by atoms with Crippen LogP contribution in [-0.2, 0) is 16.1 Å². The summed E-state index contributed by atoms with van der Waals surface area (Å²) in [7, 11) is 1.64. The quantitative estimate of drug-likeness (QED) is 0.679. The molecule has 1 heterocycles. The van der Waals surface area contributed by atoms with Gasteiger partial charge in [0, 0.05) is 19.0 Å². The molecule has 0 bridgehead atoms. The van der Waals surface area contributed by atoms with Gasteiger partial charge in [0.15, 0.2) is 0 Å². The van der Waals surface area contributed by atoms with Gasteiger partial charge in [-0.25, -0.2) is 0 Å². The highest BCUT2D eigenvalue weighted by Gasteiger charge is 2.37. The van der Waals surface area contributed by atoms with Gasteiger partial charge in [-0.3, -0.25) is 4.79 Å². The molecule has 1 aromatic carbocycles. The summed E-state index contributed by atoms with van der Waals surface area (Å²) in [6.45, 7) is 1.47. The molecule has 3 N–H and O–H groups in total. The SMILES string of the molecule is COc1ccc(CNC2COC(CNC(=O)C3CC3)C2O)cc1. The van der Waals surface area contributed by atoms with Crippen LogP contribution in [0.1, 0.15) is 18.4 Å². The third-order valence-electron chi connectivity index (χ3n) is 4.44. The van der Waals surface area contributed by atoms with Crippen molar-refractivity contribution in [1.82, 2.24) is 10.6 Å². The number of benzene rings is 1. The van der Waals surface area contributed by atoms with Gasteiger partial charge < -0.3 is 25.2 Å². The monoisotopic (exact) mass is 320 g/mol. The molecule has 23 heavy (non-hydrogen) atoms. The molecule has 3 rings (SSSR count). The fourth-order valence-electron chi connectivity index (χ4n) is 2.73. The minimum Gasteiger partial charge on any atom is -0.497 e.